The molecule has 0 radical (unpaired) electrons. The van der Waals surface area contributed by atoms with Gasteiger partial charge in [0.1, 0.15) is 5.65 Å². The van der Waals surface area contributed by atoms with Gasteiger partial charge in [0.05, 0.1) is 0 Å². The van der Waals surface area contributed by atoms with E-state index in [9.17, 15) is 0 Å². The van der Waals surface area contributed by atoms with Crippen LogP contribution in [0.3, 0.4) is 0 Å². The first-order chi connectivity index (χ1) is 7.71. The van der Waals surface area contributed by atoms with Crippen LogP contribution in [-0.2, 0) is 10.8 Å². The number of nitrogens with zero attached hydrogens (tertiary/aromatic N) is 2. The molecule has 0 unspecified atom stereocenters. The summed E-state index contributed by atoms with van der Waals surface area (Å²) in [6, 6.07) is 6.36. The SMILES string of the molecule is CC(C)(C)c1cccc2ncc(C(C)(C)C)n12. The Balaban J connectivity index is 2.82. The summed E-state index contributed by atoms with van der Waals surface area (Å²) in [7, 11) is 0. The number of aromatic nitrogens is 2. The molecule has 0 atom stereocenters. The summed E-state index contributed by atoms with van der Waals surface area (Å²) in [6.45, 7) is 13.4. The second-order valence-electron chi connectivity index (χ2n) is 6.75. The normalized spacial score (nSPS) is 13.3. The maximum atomic E-state index is 4.52. The van der Waals surface area contributed by atoms with Gasteiger partial charge in [-0.25, -0.2) is 4.98 Å². The first-order valence-corrected chi connectivity index (χ1v) is 6.19. The van der Waals surface area contributed by atoms with Crippen molar-refractivity contribution in [1.29, 1.82) is 0 Å². The molecule has 0 aliphatic carbocycles. The van der Waals surface area contributed by atoms with Crippen molar-refractivity contribution in [3.05, 3.63) is 35.8 Å². The molecular weight excluding hydrogens is 208 g/mol. The molecule has 2 heterocycles. The molecule has 2 aromatic rings. The summed E-state index contributed by atoms with van der Waals surface area (Å²) < 4.78 is 2.31. The molecule has 0 N–H and O–H groups in total. The average molecular weight is 230 g/mol. The van der Waals surface area contributed by atoms with E-state index >= 15 is 0 Å². The van der Waals surface area contributed by atoms with Crippen molar-refractivity contribution in [2.45, 2.75) is 52.4 Å². The van der Waals surface area contributed by atoms with E-state index in [-0.39, 0.29) is 10.8 Å². The van der Waals surface area contributed by atoms with Crippen LogP contribution < -0.4 is 0 Å². The lowest BCUT2D eigenvalue weighted by atomic mass is 9.89. The molecule has 2 rings (SSSR count). The van der Waals surface area contributed by atoms with Gasteiger partial charge in [-0.1, -0.05) is 47.6 Å². The molecule has 0 fully saturated rings. The Morgan fingerprint density at radius 1 is 0.882 bits per heavy atom. The average Bonchev–Trinajstić information content (AvgIpc) is 2.57. The fourth-order valence-corrected chi connectivity index (χ4v) is 2.15. The van der Waals surface area contributed by atoms with Gasteiger partial charge in [-0.3, -0.25) is 4.40 Å². The third kappa shape index (κ3) is 2.08. The lowest BCUT2D eigenvalue weighted by Crippen LogP contribution is -2.21. The van der Waals surface area contributed by atoms with Crippen molar-refractivity contribution in [2.24, 2.45) is 0 Å². The molecule has 0 aliphatic rings. The summed E-state index contributed by atoms with van der Waals surface area (Å²) in [5, 5.41) is 0. The van der Waals surface area contributed by atoms with Crippen LogP contribution in [0, 0.1) is 0 Å². The summed E-state index contributed by atoms with van der Waals surface area (Å²) in [5.74, 6) is 0. The van der Waals surface area contributed by atoms with E-state index in [1.807, 2.05) is 6.20 Å². The number of pyridine rings is 1. The summed E-state index contributed by atoms with van der Waals surface area (Å²) in [4.78, 5) is 4.52. The van der Waals surface area contributed by atoms with E-state index in [0.717, 1.165) is 5.65 Å². The van der Waals surface area contributed by atoms with Gasteiger partial charge in [-0.2, -0.15) is 0 Å². The first-order valence-electron chi connectivity index (χ1n) is 6.19. The van der Waals surface area contributed by atoms with Crippen molar-refractivity contribution in [2.75, 3.05) is 0 Å². The molecule has 0 amide bonds. The molecule has 0 bridgehead atoms. The fourth-order valence-electron chi connectivity index (χ4n) is 2.15. The zero-order valence-corrected chi connectivity index (χ0v) is 11.7. The highest BCUT2D eigenvalue weighted by Gasteiger charge is 2.24. The third-order valence-corrected chi connectivity index (χ3v) is 3.07. The fraction of sp³-hybridized carbons (Fsp3) is 0.533. The topological polar surface area (TPSA) is 17.3 Å². The van der Waals surface area contributed by atoms with Gasteiger partial charge in [-0.05, 0) is 12.1 Å². The molecule has 0 saturated heterocycles. The minimum absolute atomic E-state index is 0.112. The molecule has 0 aliphatic heterocycles. The quantitative estimate of drug-likeness (QED) is 0.670. The second-order valence-corrected chi connectivity index (χ2v) is 6.75. The van der Waals surface area contributed by atoms with Crippen LogP contribution >= 0.6 is 0 Å². The number of hydrogen-bond acceptors (Lipinski definition) is 1. The van der Waals surface area contributed by atoms with Crippen molar-refractivity contribution >= 4 is 5.65 Å². The first kappa shape index (κ1) is 12.2. The van der Waals surface area contributed by atoms with Crippen LogP contribution in [0.25, 0.3) is 5.65 Å². The highest BCUT2D eigenvalue weighted by atomic mass is 15.0. The van der Waals surface area contributed by atoms with Crippen LogP contribution in [0.5, 0.6) is 0 Å². The Morgan fingerprint density at radius 3 is 2.00 bits per heavy atom. The van der Waals surface area contributed by atoms with Gasteiger partial charge in [0, 0.05) is 28.4 Å². The molecule has 0 aromatic carbocycles. The van der Waals surface area contributed by atoms with Crippen molar-refractivity contribution in [3.8, 4) is 0 Å². The number of hydrogen-bond donors (Lipinski definition) is 0. The van der Waals surface area contributed by atoms with Crippen LogP contribution in [0.4, 0.5) is 0 Å². The Kier molecular flexibility index (Phi) is 2.57. The van der Waals surface area contributed by atoms with Gasteiger partial charge in [-0.15, -0.1) is 0 Å². The maximum Gasteiger partial charge on any atom is 0.137 e. The summed E-state index contributed by atoms with van der Waals surface area (Å²) in [6.07, 6.45) is 2.00. The van der Waals surface area contributed by atoms with Gasteiger partial charge in [0.25, 0.3) is 0 Å². The Labute approximate surface area is 104 Å². The number of imidazole rings is 1. The number of fused-ring (bicyclic) bond motifs is 1. The van der Waals surface area contributed by atoms with Crippen LogP contribution in [0.2, 0.25) is 0 Å². The lowest BCUT2D eigenvalue weighted by Gasteiger charge is -2.25. The third-order valence-electron chi connectivity index (χ3n) is 3.07. The number of rotatable bonds is 0. The van der Waals surface area contributed by atoms with Gasteiger partial charge in [0.2, 0.25) is 0 Å². The second kappa shape index (κ2) is 3.59. The smallest absolute Gasteiger partial charge is 0.137 e. The van der Waals surface area contributed by atoms with Crippen LogP contribution in [0.15, 0.2) is 24.4 Å². The molecular formula is C15H22N2. The van der Waals surface area contributed by atoms with Crippen LogP contribution in [0.1, 0.15) is 52.9 Å². The Morgan fingerprint density at radius 2 is 1.47 bits per heavy atom. The Hall–Kier alpha value is -1.31. The van der Waals surface area contributed by atoms with E-state index in [4.69, 9.17) is 0 Å². The Bertz CT molecular complexity index is 536. The van der Waals surface area contributed by atoms with Crippen molar-refractivity contribution < 1.29 is 0 Å². The zero-order valence-electron chi connectivity index (χ0n) is 11.7. The predicted molar refractivity (Wildman–Crippen MR) is 72.6 cm³/mol. The van der Waals surface area contributed by atoms with E-state index in [2.05, 4.69) is 69.1 Å². The highest BCUT2D eigenvalue weighted by molar-refractivity contribution is 5.45. The summed E-state index contributed by atoms with van der Waals surface area (Å²) in [5.41, 5.74) is 3.87. The highest BCUT2D eigenvalue weighted by Crippen LogP contribution is 2.29. The summed E-state index contributed by atoms with van der Waals surface area (Å²) >= 11 is 0. The minimum Gasteiger partial charge on any atom is -0.300 e. The lowest BCUT2D eigenvalue weighted by molar-refractivity contribution is 0.522. The maximum absolute atomic E-state index is 4.52. The standard InChI is InChI=1S/C15H22N2/c1-14(2,3)11-8-7-9-13-16-10-12(17(11)13)15(4,5)6/h7-10H,1-6H3. The van der Waals surface area contributed by atoms with Gasteiger partial charge in [0.15, 0.2) is 0 Å². The van der Waals surface area contributed by atoms with E-state index in [1.54, 1.807) is 0 Å². The zero-order chi connectivity index (χ0) is 12.8. The molecule has 2 nitrogen and oxygen atoms in total. The van der Waals surface area contributed by atoms with E-state index in [0.29, 0.717) is 0 Å². The molecule has 0 spiro atoms. The van der Waals surface area contributed by atoms with Crippen molar-refractivity contribution in [1.82, 2.24) is 9.38 Å². The molecule has 17 heavy (non-hydrogen) atoms. The predicted octanol–water partition coefficient (Wildman–Crippen LogP) is 3.93. The minimum atomic E-state index is 0.112. The van der Waals surface area contributed by atoms with Crippen LogP contribution in [-0.4, -0.2) is 9.38 Å². The molecule has 2 heteroatoms. The van der Waals surface area contributed by atoms with Gasteiger partial charge < -0.3 is 0 Å². The molecule has 0 saturated carbocycles. The van der Waals surface area contributed by atoms with Gasteiger partial charge >= 0.3 is 0 Å². The van der Waals surface area contributed by atoms with E-state index in [1.165, 1.54) is 11.4 Å². The van der Waals surface area contributed by atoms with Crippen molar-refractivity contribution in [3.63, 3.8) is 0 Å². The molecule has 2 aromatic heterocycles. The van der Waals surface area contributed by atoms with E-state index < -0.39 is 0 Å². The monoisotopic (exact) mass is 230 g/mol. The molecule has 92 valence electrons. The largest absolute Gasteiger partial charge is 0.300 e.